The highest BCUT2D eigenvalue weighted by Crippen LogP contribution is 2.18. The van der Waals surface area contributed by atoms with Crippen molar-refractivity contribution >= 4 is 0 Å². The van der Waals surface area contributed by atoms with Crippen molar-refractivity contribution in [1.82, 2.24) is 10.2 Å². The van der Waals surface area contributed by atoms with Gasteiger partial charge in [-0.05, 0) is 52.7 Å². The maximum atomic E-state index is 3.94. The van der Waals surface area contributed by atoms with E-state index in [1.165, 1.54) is 57.2 Å². The van der Waals surface area contributed by atoms with E-state index in [1.54, 1.807) is 0 Å². The van der Waals surface area contributed by atoms with Crippen LogP contribution in [0.15, 0.2) is 12.2 Å². The third-order valence-electron chi connectivity index (χ3n) is 3.02. The summed E-state index contributed by atoms with van der Waals surface area (Å²) in [6, 6.07) is 0.877. The maximum absolute atomic E-state index is 3.94. The Morgan fingerprint density at radius 1 is 1.25 bits per heavy atom. The molecule has 16 heavy (non-hydrogen) atoms. The second kappa shape index (κ2) is 7.86. The quantitative estimate of drug-likeness (QED) is 0.453. The number of unbranched alkanes of at least 4 members (excludes halogenated alkanes) is 3. The van der Waals surface area contributed by atoms with Crippen molar-refractivity contribution in [2.45, 2.75) is 51.5 Å². The van der Waals surface area contributed by atoms with Crippen LogP contribution in [0.25, 0.3) is 0 Å². The smallest absolute Gasteiger partial charge is 0.0184 e. The van der Waals surface area contributed by atoms with Gasteiger partial charge >= 0.3 is 0 Å². The lowest BCUT2D eigenvalue weighted by Gasteiger charge is -2.16. The van der Waals surface area contributed by atoms with Crippen molar-refractivity contribution < 1.29 is 0 Å². The largest absolute Gasteiger partial charge is 0.314 e. The van der Waals surface area contributed by atoms with E-state index in [9.17, 15) is 0 Å². The van der Waals surface area contributed by atoms with E-state index in [0.717, 1.165) is 12.6 Å². The Bertz CT molecular complexity index is 197. The highest BCUT2D eigenvalue weighted by Gasteiger charge is 2.19. The second-order valence-electron chi connectivity index (χ2n) is 5.34. The molecule has 0 aromatic rings. The summed E-state index contributed by atoms with van der Waals surface area (Å²) in [5.41, 5.74) is 1.26. The Morgan fingerprint density at radius 2 is 1.94 bits per heavy atom. The lowest BCUT2D eigenvalue weighted by molar-refractivity contribution is 0.349. The molecule has 2 nitrogen and oxygen atoms in total. The van der Waals surface area contributed by atoms with Crippen LogP contribution >= 0.6 is 0 Å². The first kappa shape index (κ1) is 13.7. The Balaban J connectivity index is 1.77. The van der Waals surface area contributed by atoms with Gasteiger partial charge < -0.3 is 10.2 Å². The van der Waals surface area contributed by atoms with Gasteiger partial charge in [0, 0.05) is 12.6 Å². The molecule has 0 saturated heterocycles. The highest BCUT2D eigenvalue weighted by molar-refractivity contribution is 4.90. The minimum atomic E-state index is 0.877. The molecule has 1 saturated carbocycles. The zero-order valence-corrected chi connectivity index (χ0v) is 11.1. The molecule has 0 atom stereocenters. The van der Waals surface area contributed by atoms with Gasteiger partial charge in [0.25, 0.3) is 0 Å². The van der Waals surface area contributed by atoms with Crippen LogP contribution in [0, 0.1) is 0 Å². The van der Waals surface area contributed by atoms with Crippen LogP contribution in [0.3, 0.4) is 0 Å². The number of rotatable bonds is 10. The van der Waals surface area contributed by atoms with E-state index >= 15 is 0 Å². The average molecular weight is 224 g/mol. The number of nitrogens with one attached hydrogen (secondary N) is 1. The van der Waals surface area contributed by atoms with Crippen molar-refractivity contribution in [3.63, 3.8) is 0 Å². The topological polar surface area (TPSA) is 15.3 Å². The number of hydrogen-bond donors (Lipinski definition) is 1. The first-order valence-corrected chi connectivity index (χ1v) is 6.75. The van der Waals surface area contributed by atoms with Crippen LogP contribution in [-0.2, 0) is 0 Å². The van der Waals surface area contributed by atoms with Gasteiger partial charge in [-0.2, -0.15) is 0 Å². The van der Waals surface area contributed by atoms with Gasteiger partial charge in [0.1, 0.15) is 0 Å². The molecule has 0 unspecified atom stereocenters. The van der Waals surface area contributed by atoms with Crippen LogP contribution in [0.5, 0.6) is 0 Å². The van der Waals surface area contributed by atoms with E-state index in [0.29, 0.717) is 0 Å². The number of hydrogen-bond acceptors (Lipinski definition) is 2. The summed E-state index contributed by atoms with van der Waals surface area (Å²) in [7, 11) is 2.18. The van der Waals surface area contributed by atoms with Crippen LogP contribution in [0.2, 0.25) is 0 Å². The summed E-state index contributed by atoms with van der Waals surface area (Å²) in [5, 5.41) is 3.56. The lowest BCUT2D eigenvalue weighted by Crippen LogP contribution is -2.21. The number of nitrogens with zero attached hydrogens (tertiary/aromatic N) is 1. The van der Waals surface area contributed by atoms with Crippen LogP contribution in [-0.4, -0.2) is 37.6 Å². The van der Waals surface area contributed by atoms with Gasteiger partial charge in [-0.3, -0.25) is 0 Å². The standard InChI is InChI=1S/C14H28N2/c1-13(2)12-16(3)11-7-5-4-6-10-15-14-8-9-14/h14-15H,1,4-12H2,2-3H3. The molecule has 0 aliphatic heterocycles. The minimum absolute atomic E-state index is 0.877. The molecule has 1 fully saturated rings. The zero-order valence-electron chi connectivity index (χ0n) is 11.1. The number of likely N-dealkylation sites (N-methyl/N-ethyl adjacent to an activating group) is 1. The van der Waals surface area contributed by atoms with Crippen molar-refractivity contribution in [3.05, 3.63) is 12.2 Å². The second-order valence-corrected chi connectivity index (χ2v) is 5.34. The first-order chi connectivity index (χ1) is 7.68. The van der Waals surface area contributed by atoms with Gasteiger partial charge in [-0.1, -0.05) is 25.0 Å². The van der Waals surface area contributed by atoms with E-state index in [4.69, 9.17) is 0 Å². The fourth-order valence-corrected chi connectivity index (χ4v) is 1.99. The van der Waals surface area contributed by atoms with Crippen molar-refractivity contribution in [3.8, 4) is 0 Å². The Kier molecular flexibility index (Phi) is 6.74. The Labute approximate surface area is 101 Å². The molecule has 0 aromatic carbocycles. The van der Waals surface area contributed by atoms with Gasteiger partial charge in [0.15, 0.2) is 0 Å². The molecule has 94 valence electrons. The van der Waals surface area contributed by atoms with E-state index in [1.807, 2.05) is 0 Å². The van der Waals surface area contributed by atoms with E-state index in [-0.39, 0.29) is 0 Å². The fourth-order valence-electron chi connectivity index (χ4n) is 1.99. The Hall–Kier alpha value is -0.340. The fraction of sp³-hybridized carbons (Fsp3) is 0.857. The molecule has 0 spiro atoms. The normalized spacial score (nSPS) is 15.7. The predicted molar refractivity (Wildman–Crippen MR) is 71.8 cm³/mol. The SMILES string of the molecule is C=C(C)CN(C)CCCCCCNC1CC1. The third-order valence-corrected chi connectivity index (χ3v) is 3.02. The van der Waals surface area contributed by atoms with Gasteiger partial charge in [0.05, 0.1) is 0 Å². The van der Waals surface area contributed by atoms with Crippen molar-refractivity contribution in [2.75, 3.05) is 26.7 Å². The summed E-state index contributed by atoms with van der Waals surface area (Å²) in [6.45, 7) is 9.52. The highest BCUT2D eigenvalue weighted by atomic mass is 15.1. The van der Waals surface area contributed by atoms with E-state index < -0.39 is 0 Å². The Morgan fingerprint density at radius 3 is 2.56 bits per heavy atom. The molecule has 1 rings (SSSR count). The van der Waals surface area contributed by atoms with Crippen LogP contribution in [0.4, 0.5) is 0 Å². The molecular formula is C14H28N2. The molecule has 2 heteroatoms. The lowest BCUT2D eigenvalue weighted by atomic mass is 10.2. The molecule has 0 radical (unpaired) electrons. The van der Waals surface area contributed by atoms with Gasteiger partial charge in [-0.15, -0.1) is 0 Å². The molecule has 0 aromatic heterocycles. The zero-order chi connectivity index (χ0) is 11.8. The first-order valence-electron chi connectivity index (χ1n) is 6.75. The molecule has 0 heterocycles. The van der Waals surface area contributed by atoms with Crippen molar-refractivity contribution in [2.24, 2.45) is 0 Å². The molecule has 1 N–H and O–H groups in total. The minimum Gasteiger partial charge on any atom is -0.314 e. The summed E-state index contributed by atoms with van der Waals surface area (Å²) in [4.78, 5) is 2.37. The van der Waals surface area contributed by atoms with Gasteiger partial charge in [-0.25, -0.2) is 0 Å². The van der Waals surface area contributed by atoms with Gasteiger partial charge in [0.2, 0.25) is 0 Å². The average Bonchev–Trinajstić information content (AvgIpc) is 2.99. The third kappa shape index (κ3) is 7.89. The molecule has 1 aliphatic carbocycles. The van der Waals surface area contributed by atoms with Crippen LogP contribution < -0.4 is 5.32 Å². The summed E-state index contributed by atoms with van der Waals surface area (Å²) >= 11 is 0. The molecule has 0 amide bonds. The van der Waals surface area contributed by atoms with Crippen LogP contribution in [0.1, 0.15) is 45.4 Å². The maximum Gasteiger partial charge on any atom is 0.0184 e. The molecule has 1 aliphatic rings. The summed E-state index contributed by atoms with van der Waals surface area (Å²) < 4.78 is 0. The molecule has 0 bridgehead atoms. The molecular weight excluding hydrogens is 196 g/mol. The monoisotopic (exact) mass is 224 g/mol. The predicted octanol–water partition coefficient (Wildman–Crippen LogP) is 2.81. The van der Waals surface area contributed by atoms with E-state index in [2.05, 4.69) is 30.8 Å². The van der Waals surface area contributed by atoms with Crippen molar-refractivity contribution in [1.29, 1.82) is 0 Å². The summed E-state index contributed by atoms with van der Waals surface area (Å²) in [5.74, 6) is 0. The summed E-state index contributed by atoms with van der Waals surface area (Å²) in [6.07, 6.45) is 8.23.